The molecule has 0 fully saturated rings. The summed E-state index contributed by atoms with van der Waals surface area (Å²) in [6, 6.07) is 0. The van der Waals surface area contributed by atoms with E-state index >= 15 is 0 Å². The van der Waals surface area contributed by atoms with Gasteiger partial charge in [0.2, 0.25) is 0 Å². The van der Waals surface area contributed by atoms with E-state index in [2.05, 4.69) is 29.0 Å². The Morgan fingerprint density at radius 1 is 1.58 bits per heavy atom. The van der Waals surface area contributed by atoms with Crippen LogP contribution in [0.25, 0.3) is 0 Å². The molecule has 0 aromatic carbocycles. The van der Waals surface area contributed by atoms with Gasteiger partial charge in [-0.15, -0.1) is 0 Å². The van der Waals surface area contributed by atoms with Crippen LogP contribution < -0.4 is 5.73 Å². The molecule has 68 valence electrons. The molecule has 0 spiro atoms. The van der Waals surface area contributed by atoms with Crippen molar-refractivity contribution in [2.24, 2.45) is 5.73 Å². The van der Waals surface area contributed by atoms with E-state index in [-0.39, 0.29) is 0 Å². The van der Waals surface area contributed by atoms with Crippen LogP contribution in [-0.4, -0.2) is 21.7 Å². The molecule has 0 bridgehead atoms. The van der Waals surface area contributed by atoms with Crippen molar-refractivity contribution in [1.82, 2.24) is 15.2 Å². The number of hydrogen-bond donors (Lipinski definition) is 2. The van der Waals surface area contributed by atoms with Gasteiger partial charge in [0.1, 0.15) is 5.82 Å². The zero-order chi connectivity index (χ0) is 8.97. The third-order valence-electron chi connectivity index (χ3n) is 1.92. The average Bonchev–Trinajstić information content (AvgIpc) is 2.52. The van der Waals surface area contributed by atoms with E-state index in [0.29, 0.717) is 12.5 Å². The summed E-state index contributed by atoms with van der Waals surface area (Å²) in [5, 5.41) is 7.01. The van der Waals surface area contributed by atoms with Gasteiger partial charge in [-0.25, -0.2) is 4.98 Å². The van der Waals surface area contributed by atoms with Gasteiger partial charge in [-0.05, 0) is 13.0 Å². The highest BCUT2D eigenvalue weighted by atomic mass is 15.2. The van der Waals surface area contributed by atoms with Crippen molar-refractivity contribution in [2.75, 3.05) is 6.54 Å². The number of rotatable bonds is 4. The SMILES string of the molecule is CCc1nc(C(C)CCN)n[nH]1. The molecule has 1 aromatic rings. The largest absolute Gasteiger partial charge is 0.330 e. The number of aryl methyl sites for hydroxylation is 1. The lowest BCUT2D eigenvalue weighted by atomic mass is 10.1. The number of H-pyrrole nitrogens is 1. The van der Waals surface area contributed by atoms with Crippen LogP contribution in [0.15, 0.2) is 0 Å². The van der Waals surface area contributed by atoms with Crippen molar-refractivity contribution in [3.8, 4) is 0 Å². The van der Waals surface area contributed by atoms with Crippen LogP contribution in [-0.2, 0) is 6.42 Å². The fourth-order valence-corrected chi connectivity index (χ4v) is 1.07. The Morgan fingerprint density at radius 2 is 2.33 bits per heavy atom. The van der Waals surface area contributed by atoms with Gasteiger partial charge in [0.15, 0.2) is 5.82 Å². The minimum Gasteiger partial charge on any atom is -0.330 e. The van der Waals surface area contributed by atoms with Gasteiger partial charge in [-0.3, -0.25) is 5.10 Å². The minimum atomic E-state index is 0.367. The van der Waals surface area contributed by atoms with E-state index in [4.69, 9.17) is 5.73 Å². The van der Waals surface area contributed by atoms with E-state index in [1.165, 1.54) is 0 Å². The molecule has 12 heavy (non-hydrogen) atoms. The lowest BCUT2D eigenvalue weighted by molar-refractivity contribution is 0.649. The van der Waals surface area contributed by atoms with Gasteiger partial charge >= 0.3 is 0 Å². The van der Waals surface area contributed by atoms with Crippen LogP contribution in [0, 0.1) is 0 Å². The maximum absolute atomic E-state index is 5.44. The first kappa shape index (κ1) is 9.19. The van der Waals surface area contributed by atoms with Crippen molar-refractivity contribution in [2.45, 2.75) is 32.6 Å². The normalized spacial score (nSPS) is 13.2. The Kier molecular flexibility index (Phi) is 3.22. The molecule has 0 aliphatic heterocycles. The lowest BCUT2D eigenvalue weighted by Gasteiger charge is -2.02. The second kappa shape index (κ2) is 4.21. The van der Waals surface area contributed by atoms with Gasteiger partial charge in [-0.2, -0.15) is 5.10 Å². The minimum absolute atomic E-state index is 0.367. The highest BCUT2D eigenvalue weighted by molar-refractivity contribution is 4.95. The van der Waals surface area contributed by atoms with Crippen LogP contribution >= 0.6 is 0 Å². The second-order valence-electron chi connectivity index (χ2n) is 2.97. The summed E-state index contributed by atoms with van der Waals surface area (Å²) in [5.41, 5.74) is 5.44. The van der Waals surface area contributed by atoms with Crippen LogP contribution in [0.2, 0.25) is 0 Å². The fraction of sp³-hybridized carbons (Fsp3) is 0.750. The molecule has 4 nitrogen and oxygen atoms in total. The standard InChI is InChI=1S/C8H16N4/c1-3-7-10-8(12-11-7)6(2)4-5-9/h6H,3-5,9H2,1-2H3,(H,10,11,12). The van der Waals surface area contributed by atoms with Crippen molar-refractivity contribution in [3.05, 3.63) is 11.6 Å². The highest BCUT2D eigenvalue weighted by Gasteiger charge is 2.09. The molecule has 1 rings (SSSR count). The lowest BCUT2D eigenvalue weighted by Crippen LogP contribution is -2.05. The fourth-order valence-electron chi connectivity index (χ4n) is 1.07. The number of nitrogens with zero attached hydrogens (tertiary/aromatic N) is 2. The second-order valence-corrected chi connectivity index (χ2v) is 2.97. The van der Waals surface area contributed by atoms with E-state index in [0.717, 1.165) is 24.5 Å². The van der Waals surface area contributed by atoms with Gasteiger partial charge in [0.25, 0.3) is 0 Å². The van der Waals surface area contributed by atoms with Gasteiger partial charge in [-0.1, -0.05) is 13.8 Å². The van der Waals surface area contributed by atoms with Crippen LogP contribution in [0.1, 0.15) is 37.8 Å². The molecular weight excluding hydrogens is 152 g/mol. The third kappa shape index (κ3) is 2.04. The predicted octanol–water partition coefficient (Wildman–Crippen LogP) is 0.819. The van der Waals surface area contributed by atoms with Crippen molar-refractivity contribution in [1.29, 1.82) is 0 Å². The van der Waals surface area contributed by atoms with E-state index in [1.807, 2.05) is 0 Å². The van der Waals surface area contributed by atoms with Gasteiger partial charge in [0, 0.05) is 12.3 Å². The Balaban J connectivity index is 2.61. The van der Waals surface area contributed by atoms with Crippen molar-refractivity contribution < 1.29 is 0 Å². The summed E-state index contributed by atoms with van der Waals surface area (Å²) in [5.74, 6) is 2.21. The van der Waals surface area contributed by atoms with Crippen LogP contribution in [0.3, 0.4) is 0 Å². The summed E-state index contributed by atoms with van der Waals surface area (Å²) in [7, 11) is 0. The van der Waals surface area contributed by atoms with Crippen LogP contribution in [0.4, 0.5) is 0 Å². The molecular formula is C8H16N4. The summed E-state index contributed by atoms with van der Waals surface area (Å²) in [6.07, 6.45) is 1.85. The Morgan fingerprint density at radius 3 is 2.83 bits per heavy atom. The van der Waals surface area contributed by atoms with Gasteiger partial charge in [0.05, 0.1) is 0 Å². The molecule has 4 heteroatoms. The van der Waals surface area contributed by atoms with Crippen molar-refractivity contribution >= 4 is 0 Å². The van der Waals surface area contributed by atoms with E-state index in [1.54, 1.807) is 0 Å². The number of nitrogens with two attached hydrogens (primary N) is 1. The maximum atomic E-state index is 5.44. The summed E-state index contributed by atoms with van der Waals surface area (Å²) >= 11 is 0. The first-order chi connectivity index (χ1) is 5.77. The highest BCUT2D eigenvalue weighted by Crippen LogP contribution is 2.12. The molecule has 0 aliphatic carbocycles. The first-order valence-electron chi connectivity index (χ1n) is 4.39. The van der Waals surface area contributed by atoms with Crippen molar-refractivity contribution in [3.63, 3.8) is 0 Å². The zero-order valence-electron chi connectivity index (χ0n) is 7.67. The monoisotopic (exact) mass is 168 g/mol. The molecule has 1 unspecified atom stereocenters. The van der Waals surface area contributed by atoms with E-state index in [9.17, 15) is 0 Å². The molecule has 0 radical (unpaired) electrons. The molecule has 0 aliphatic rings. The molecule has 0 amide bonds. The van der Waals surface area contributed by atoms with E-state index < -0.39 is 0 Å². The Hall–Kier alpha value is -0.900. The summed E-state index contributed by atoms with van der Waals surface area (Å²) in [4.78, 5) is 4.33. The smallest absolute Gasteiger partial charge is 0.153 e. The average molecular weight is 168 g/mol. The molecule has 1 atom stereocenters. The summed E-state index contributed by atoms with van der Waals surface area (Å²) in [6.45, 7) is 4.84. The number of hydrogen-bond acceptors (Lipinski definition) is 3. The molecule has 3 N–H and O–H groups in total. The molecule has 0 saturated carbocycles. The summed E-state index contributed by atoms with van der Waals surface area (Å²) < 4.78 is 0. The van der Waals surface area contributed by atoms with Crippen LogP contribution in [0.5, 0.6) is 0 Å². The topological polar surface area (TPSA) is 67.6 Å². The Labute approximate surface area is 72.6 Å². The van der Waals surface area contributed by atoms with Gasteiger partial charge < -0.3 is 5.73 Å². The molecule has 1 aromatic heterocycles. The molecule has 1 heterocycles. The third-order valence-corrected chi connectivity index (χ3v) is 1.92. The number of aromatic nitrogens is 3. The number of nitrogens with one attached hydrogen (secondary N) is 1. The zero-order valence-corrected chi connectivity index (χ0v) is 7.67. The maximum Gasteiger partial charge on any atom is 0.153 e. The predicted molar refractivity (Wildman–Crippen MR) is 47.8 cm³/mol. The Bertz CT molecular complexity index is 231. The number of aromatic amines is 1. The first-order valence-corrected chi connectivity index (χ1v) is 4.39. The molecule has 0 saturated heterocycles. The quantitative estimate of drug-likeness (QED) is 0.699.